The van der Waals surface area contributed by atoms with Crippen molar-refractivity contribution in [3.8, 4) is 0 Å². The highest BCUT2D eigenvalue weighted by Gasteiger charge is 2.32. The number of halogens is 2. The van der Waals surface area contributed by atoms with Gasteiger partial charge in [-0.15, -0.1) is 0 Å². The fourth-order valence-electron chi connectivity index (χ4n) is 3.21. The number of nitrogens with zero attached hydrogens (tertiary/aromatic N) is 2. The average molecular weight is 283 g/mol. The van der Waals surface area contributed by atoms with Gasteiger partial charge in [0.25, 0.3) is 12.3 Å². The minimum absolute atomic E-state index is 0.134. The molecule has 0 radical (unpaired) electrons. The molecule has 3 heterocycles. The van der Waals surface area contributed by atoms with Crippen LogP contribution in [-0.2, 0) is 6.54 Å². The van der Waals surface area contributed by atoms with E-state index in [0.717, 1.165) is 12.8 Å². The van der Waals surface area contributed by atoms with E-state index in [1.807, 2.05) is 0 Å². The Morgan fingerprint density at radius 3 is 2.95 bits per heavy atom. The Balaban J connectivity index is 1.73. The third kappa shape index (κ3) is 2.70. The van der Waals surface area contributed by atoms with Crippen LogP contribution in [0, 0.1) is 0 Å². The van der Waals surface area contributed by atoms with Crippen molar-refractivity contribution in [1.29, 1.82) is 0 Å². The second kappa shape index (κ2) is 5.52. The number of amides is 1. The number of likely N-dealkylation sites (tertiary alicyclic amines) is 1. The monoisotopic (exact) mass is 283 g/mol. The molecule has 0 aromatic carbocycles. The highest BCUT2D eigenvalue weighted by Crippen LogP contribution is 2.21. The third-order valence-corrected chi connectivity index (χ3v) is 4.19. The zero-order valence-electron chi connectivity index (χ0n) is 11.3. The highest BCUT2D eigenvalue weighted by molar-refractivity contribution is 5.92. The summed E-state index contributed by atoms with van der Waals surface area (Å²) < 4.78 is 26.4. The predicted molar refractivity (Wildman–Crippen MR) is 70.9 cm³/mol. The maximum atomic E-state index is 12.5. The molecule has 1 aromatic heterocycles. The van der Waals surface area contributed by atoms with E-state index in [1.54, 1.807) is 23.2 Å². The molecule has 2 aliphatic heterocycles. The molecule has 20 heavy (non-hydrogen) atoms. The van der Waals surface area contributed by atoms with Gasteiger partial charge in [-0.2, -0.15) is 0 Å². The largest absolute Gasteiger partial charge is 0.338 e. The summed E-state index contributed by atoms with van der Waals surface area (Å²) in [5.41, 5.74) is 0.364. The summed E-state index contributed by atoms with van der Waals surface area (Å²) in [5, 5.41) is 3.51. The number of hydrogen-bond donors (Lipinski definition) is 1. The summed E-state index contributed by atoms with van der Waals surface area (Å²) in [4.78, 5) is 14.3. The van der Waals surface area contributed by atoms with Gasteiger partial charge in [0.1, 0.15) is 5.69 Å². The molecule has 1 amide bonds. The molecule has 4 nitrogen and oxygen atoms in total. The zero-order chi connectivity index (χ0) is 14.1. The van der Waals surface area contributed by atoms with Gasteiger partial charge >= 0.3 is 0 Å². The van der Waals surface area contributed by atoms with Crippen LogP contribution in [0.1, 0.15) is 29.8 Å². The van der Waals surface area contributed by atoms with Crippen molar-refractivity contribution in [2.75, 3.05) is 13.1 Å². The first-order valence-electron chi connectivity index (χ1n) is 7.12. The Hall–Kier alpha value is -1.43. The SMILES string of the molecule is O=C(c1cccn1CC(F)F)N1CCC2CCC(C1)N2. The first kappa shape index (κ1) is 13.5. The average Bonchev–Trinajstić information content (AvgIpc) is 2.95. The van der Waals surface area contributed by atoms with Gasteiger partial charge < -0.3 is 14.8 Å². The Morgan fingerprint density at radius 2 is 2.15 bits per heavy atom. The molecule has 2 saturated heterocycles. The van der Waals surface area contributed by atoms with Gasteiger partial charge in [-0.1, -0.05) is 0 Å². The molecule has 2 unspecified atom stereocenters. The Labute approximate surface area is 116 Å². The van der Waals surface area contributed by atoms with Crippen LogP contribution < -0.4 is 5.32 Å². The standard InChI is InChI=1S/C14H19F2N3O/c15-13(16)9-18-6-1-2-12(18)14(20)19-7-5-10-3-4-11(8-19)17-10/h1-2,6,10-11,13,17H,3-5,7-9H2. The fourth-order valence-corrected chi connectivity index (χ4v) is 3.21. The third-order valence-electron chi connectivity index (χ3n) is 4.19. The van der Waals surface area contributed by atoms with Gasteiger partial charge in [0.15, 0.2) is 0 Å². The quantitative estimate of drug-likeness (QED) is 0.917. The Bertz CT molecular complexity index is 489. The molecule has 1 aromatic rings. The first-order valence-corrected chi connectivity index (χ1v) is 7.12. The summed E-state index contributed by atoms with van der Waals surface area (Å²) in [6.07, 6.45) is 2.30. The number of carbonyl (C=O) groups is 1. The molecule has 0 aliphatic carbocycles. The van der Waals surface area contributed by atoms with Crippen molar-refractivity contribution < 1.29 is 13.6 Å². The lowest BCUT2D eigenvalue weighted by atomic mass is 10.1. The van der Waals surface area contributed by atoms with E-state index in [0.29, 0.717) is 30.9 Å². The molecule has 2 fully saturated rings. The molecule has 0 saturated carbocycles. The molecular formula is C14H19F2N3O. The molecule has 0 spiro atoms. The van der Waals surface area contributed by atoms with Gasteiger partial charge in [-0.25, -0.2) is 8.78 Å². The predicted octanol–water partition coefficient (Wildman–Crippen LogP) is 1.72. The summed E-state index contributed by atoms with van der Waals surface area (Å²) in [6.45, 7) is 0.953. The smallest absolute Gasteiger partial charge is 0.270 e. The van der Waals surface area contributed by atoms with E-state index in [9.17, 15) is 13.6 Å². The van der Waals surface area contributed by atoms with Gasteiger partial charge in [-0.05, 0) is 31.4 Å². The molecule has 2 atom stereocenters. The van der Waals surface area contributed by atoms with Crippen molar-refractivity contribution in [3.63, 3.8) is 0 Å². The maximum absolute atomic E-state index is 12.5. The van der Waals surface area contributed by atoms with Crippen molar-refractivity contribution in [2.24, 2.45) is 0 Å². The van der Waals surface area contributed by atoms with Crippen LogP contribution in [0.15, 0.2) is 18.3 Å². The van der Waals surface area contributed by atoms with E-state index in [-0.39, 0.29) is 5.91 Å². The van der Waals surface area contributed by atoms with Crippen LogP contribution in [0.2, 0.25) is 0 Å². The van der Waals surface area contributed by atoms with Crippen molar-refractivity contribution in [1.82, 2.24) is 14.8 Å². The minimum atomic E-state index is -2.45. The lowest BCUT2D eigenvalue weighted by molar-refractivity contribution is 0.0727. The summed E-state index contributed by atoms with van der Waals surface area (Å²) in [6, 6.07) is 4.13. The zero-order valence-corrected chi connectivity index (χ0v) is 11.3. The van der Waals surface area contributed by atoms with Gasteiger partial charge in [-0.3, -0.25) is 4.79 Å². The minimum Gasteiger partial charge on any atom is -0.338 e. The Morgan fingerprint density at radius 1 is 1.35 bits per heavy atom. The first-order chi connectivity index (χ1) is 9.63. The van der Waals surface area contributed by atoms with Crippen molar-refractivity contribution in [3.05, 3.63) is 24.0 Å². The van der Waals surface area contributed by atoms with E-state index >= 15 is 0 Å². The topological polar surface area (TPSA) is 37.3 Å². The number of aromatic nitrogens is 1. The number of hydrogen-bond acceptors (Lipinski definition) is 2. The number of rotatable bonds is 3. The van der Waals surface area contributed by atoms with Crippen molar-refractivity contribution in [2.45, 2.75) is 44.3 Å². The number of fused-ring (bicyclic) bond motifs is 2. The maximum Gasteiger partial charge on any atom is 0.270 e. The molecule has 110 valence electrons. The Kier molecular flexibility index (Phi) is 3.74. The number of nitrogens with one attached hydrogen (secondary N) is 1. The summed E-state index contributed by atoms with van der Waals surface area (Å²) in [5.74, 6) is -0.134. The number of alkyl halides is 2. The van der Waals surface area contributed by atoms with Gasteiger partial charge in [0.2, 0.25) is 0 Å². The lowest BCUT2D eigenvalue weighted by Gasteiger charge is -2.24. The lowest BCUT2D eigenvalue weighted by Crippen LogP contribution is -2.39. The van der Waals surface area contributed by atoms with Gasteiger partial charge in [0.05, 0.1) is 6.54 Å². The van der Waals surface area contributed by atoms with E-state index in [4.69, 9.17) is 0 Å². The van der Waals surface area contributed by atoms with Crippen LogP contribution in [0.4, 0.5) is 8.78 Å². The molecular weight excluding hydrogens is 264 g/mol. The summed E-state index contributed by atoms with van der Waals surface area (Å²) in [7, 11) is 0. The summed E-state index contributed by atoms with van der Waals surface area (Å²) >= 11 is 0. The van der Waals surface area contributed by atoms with Gasteiger partial charge in [0, 0.05) is 31.4 Å². The van der Waals surface area contributed by atoms with E-state index in [1.165, 1.54) is 11.0 Å². The molecule has 3 rings (SSSR count). The van der Waals surface area contributed by atoms with Crippen LogP contribution >= 0.6 is 0 Å². The second-order valence-corrected chi connectivity index (χ2v) is 5.61. The van der Waals surface area contributed by atoms with Crippen LogP contribution in [-0.4, -0.2) is 47.0 Å². The van der Waals surface area contributed by atoms with Crippen molar-refractivity contribution >= 4 is 5.91 Å². The van der Waals surface area contributed by atoms with E-state index < -0.39 is 13.0 Å². The fraction of sp³-hybridized carbons (Fsp3) is 0.643. The van der Waals surface area contributed by atoms with Crippen LogP contribution in [0.5, 0.6) is 0 Å². The number of carbonyl (C=O) groups excluding carboxylic acids is 1. The van der Waals surface area contributed by atoms with Crippen LogP contribution in [0.3, 0.4) is 0 Å². The molecule has 1 N–H and O–H groups in total. The molecule has 2 bridgehead atoms. The molecule has 2 aliphatic rings. The van der Waals surface area contributed by atoms with E-state index in [2.05, 4.69) is 5.32 Å². The normalized spacial score (nSPS) is 26.1. The van der Waals surface area contributed by atoms with Crippen LogP contribution in [0.25, 0.3) is 0 Å². The molecule has 6 heteroatoms. The highest BCUT2D eigenvalue weighted by atomic mass is 19.3. The second-order valence-electron chi connectivity index (χ2n) is 5.61.